The molecule has 3 heterocycles. The molecule has 1 aliphatic rings. The number of benzene rings is 9. The van der Waals surface area contributed by atoms with Crippen LogP contribution in [0.2, 0.25) is 0 Å². The molecule has 4 heteroatoms. The maximum absolute atomic E-state index is 3.00. The molecule has 302 valence electrons. The molecule has 0 N–H and O–H groups in total. The van der Waals surface area contributed by atoms with Crippen molar-refractivity contribution < 1.29 is 0 Å². The molecule has 0 saturated carbocycles. The summed E-state index contributed by atoms with van der Waals surface area (Å²) < 4.78 is 7.54. The molecule has 9 aromatic carbocycles. The summed E-state index contributed by atoms with van der Waals surface area (Å²) in [5, 5.41) is 13.2. The number of fused-ring (bicyclic) bond motifs is 10. The van der Waals surface area contributed by atoms with Gasteiger partial charge in [-0.15, -0.1) is 0 Å². The summed E-state index contributed by atoms with van der Waals surface area (Å²) in [7, 11) is -3.00. The van der Waals surface area contributed by atoms with E-state index in [2.05, 4.69) is 256 Å². The van der Waals surface area contributed by atoms with Crippen molar-refractivity contribution in [1.82, 2.24) is 13.7 Å². The van der Waals surface area contributed by atoms with Crippen LogP contribution >= 0.6 is 0 Å². The summed E-state index contributed by atoms with van der Waals surface area (Å²) in [6.45, 7) is 0. The zero-order valence-electron chi connectivity index (χ0n) is 35.2. The van der Waals surface area contributed by atoms with E-state index < -0.39 is 8.07 Å². The maximum atomic E-state index is 2.60. The van der Waals surface area contributed by atoms with E-state index in [0.717, 1.165) is 17.8 Å². The van der Waals surface area contributed by atoms with Crippen molar-refractivity contribution in [2.75, 3.05) is 0 Å². The van der Waals surface area contributed by atoms with Gasteiger partial charge in [0.25, 0.3) is 0 Å². The first kappa shape index (κ1) is 36.7. The fraction of sp³-hybridized carbons (Fsp3) is 0.0333. The van der Waals surface area contributed by atoms with Crippen LogP contribution in [0.15, 0.2) is 243 Å². The van der Waals surface area contributed by atoms with Gasteiger partial charge in [0.15, 0.2) is 8.07 Å². The molecule has 3 nitrogen and oxygen atoms in total. The molecule has 0 saturated heterocycles. The zero-order valence-corrected chi connectivity index (χ0v) is 36.2. The van der Waals surface area contributed by atoms with Crippen molar-refractivity contribution in [1.29, 1.82) is 0 Å². The van der Waals surface area contributed by atoms with Crippen LogP contribution in [0.4, 0.5) is 0 Å². The molecule has 1 aliphatic carbocycles. The lowest BCUT2D eigenvalue weighted by Gasteiger charge is -2.35. The number of aromatic nitrogens is 3. The van der Waals surface area contributed by atoms with Gasteiger partial charge in [-0.05, 0) is 81.8 Å². The van der Waals surface area contributed by atoms with Gasteiger partial charge < -0.3 is 13.7 Å². The highest BCUT2D eigenvalue weighted by Gasteiger charge is 2.43. The number of hydrogen-bond acceptors (Lipinski definition) is 0. The molecule has 12 aromatic rings. The summed E-state index contributed by atoms with van der Waals surface area (Å²) in [5.41, 5.74) is 9.76. The van der Waals surface area contributed by atoms with E-state index in [1.807, 2.05) is 0 Å². The van der Waals surface area contributed by atoms with Crippen molar-refractivity contribution >= 4 is 94.2 Å². The van der Waals surface area contributed by atoms with Gasteiger partial charge in [-0.2, -0.15) is 0 Å². The minimum absolute atomic E-state index is 0.236. The first-order valence-electron chi connectivity index (χ1n) is 22.4. The quantitative estimate of drug-likeness (QED) is 0.112. The zero-order chi connectivity index (χ0) is 42.2. The molecule has 3 aromatic heterocycles. The highest BCUT2D eigenvalue weighted by Crippen LogP contribution is 2.43. The van der Waals surface area contributed by atoms with Crippen molar-refractivity contribution in [3.05, 3.63) is 243 Å². The third-order valence-corrected chi connectivity index (χ3v) is 18.7. The molecular weight excluding hydrogens is 791 g/mol. The number of rotatable bonds is 7. The monoisotopic (exact) mass is 833 g/mol. The van der Waals surface area contributed by atoms with E-state index in [1.54, 1.807) is 0 Å². The summed E-state index contributed by atoms with van der Waals surface area (Å²) >= 11 is 0. The fourth-order valence-electron chi connectivity index (χ4n) is 11.3. The Morgan fingerprint density at radius 3 is 1.52 bits per heavy atom. The van der Waals surface area contributed by atoms with Crippen molar-refractivity contribution in [3.63, 3.8) is 0 Å². The van der Waals surface area contributed by atoms with Crippen LogP contribution < -0.4 is 20.7 Å². The number of nitrogens with zero attached hydrogens (tertiary/aromatic N) is 3. The molecule has 13 rings (SSSR count). The second kappa shape index (κ2) is 14.6. The van der Waals surface area contributed by atoms with Crippen LogP contribution in [0.5, 0.6) is 0 Å². The standard InChI is InChI=1S/C60H43N3Si/c1-5-20-42(21-6-1)61-53-32-17-14-29-50(53)58-55(61)34-19-35-57(58)64(45-24-9-3-10-25-45,46-26-11-4-12-27-46)47-38-36-44(37-39-47)62-54-33-18-15-30-51(54)59-56(62)41-40-49-48-28-13-16-31-52(48)63(60(49)59)43-22-7-2-8-23-43/h1-22,24-41,43H,23H2. The second-order valence-corrected chi connectivity index (χ2v) is 20.9. The lowest BCUT2D eigenvalue weighted by molar-refractivity contribution is 0.649. The summed E-state index contributed by atoms with van der Waals surface area (Å²) in [6.07, 6.45) is 10.0. The topological polar surface area (TPSA) is 14.8 Å². The highest BCUT2D eigenvalue weighted by atomic mass is 28.3. The molecule has 0 fully saturated rings. The van der Waals surface area contributed by atoms with Gasteiger partial charge in [0.2, 0.25) is 0 Å². The molecule has 64 heavy (non-hydrogen) atoms. The average molecular weight is 834 g/mol. The van der Waals surface area contributed by atoms with Crippen molar-refractivity contribution in [3.8, 4) is 11.4 Å². The van der Waals surface area contributed by atoms with Crippen LogP contribution in [0.25, 0.3) is 76.8 Å². The summed E-state index contributed by atoms with van der Waals surface area (Å²) in [4.78, 5) is 0. The lowest BCUT2D eigenvalue weighted by Crippen LogP contribution is -2.74. The van der Waals surface area contributed by atoms with E-state index in [-0.39, 0.29) is 6.04 Å². The van der Waals surface area contributed by atoms with Gasteiger partial charge in [0, 0.05) is 49.2 Å². The maximum Gasteiger partial charge on any atom is 0.180 e. The number of allylic oxidation sites excluding steroid dienone is 4. The third-order valence-electron chi connectivity index (χ3n) is 13.9. The summed E-state index contributed by atoms with van der Waals surface area (Å²) in [5.74, 6) is 0. The van der Waals surface area contributed by atoms with Gasteiger partial charge in [-0.3, -0.25) is 0 Å². The van der Waals surface area contributed by atoms with Crippen molar-refractivity contribution in [2.24, 2.45) is 0 Å². The van der Waals surface area contributed by atoms with Crippen LogP contribution in [-0.4, -0.2) is 21.8 Å². The van der Waals surface area contributed by atoms with Crippen LogP contribution in [0.3, 0.4) is 0 Å². The normalized spacial score (nSPS) is 14.2. The molecule has 0 spiro atoms. The second-order valence-electron chi connectivity index (χ2n) is 17.1. The Bertz CT molecular complexity index is 3760. The van der Waals surface area contributed by atoms with Gasteiger partial charge in [-0.25, -0.2) is 0 Å². The van der Waals surface area contributed by atoms with Gasteiger partial charge in [0.1, 0.15) is 0 Å². The van der Waals surface area contributed by atoms with E-state index in [9.17, 15) is 0 Å². The Kier molecular flexibility index (Phi) is 8.37. The fourth-order valence-corrected chi connectivity index (χ4v) is 16.3. The Labute approximate surface area is 372 Å². The average Bonchev–Trinajstić information content (AvgIpc) is 4.02. The third kappa shape index (κ3) is 5.27. The number of hydrogen-bond donors (Lipinski definition) is 0. The molecule has 0 amide bonds. The van der Waals surface area contributed by atoms with Gasteiger partial charge >= 0.3 is 0 Å². The first-order valence-corrected chi connectivity index (χ1v) is 24.4. The molecule has 0 radical (unpaired) electrons. The van der Waals surface area contributed by atoms with Crippen LogP contribution in [0, 0.1) is 0 Å². The van der Waals surface area contributed by atoms with Crippen LogP contribution in [0.1, 0.15) is 12.5 Å². The Morgan fingerprint density at radius 1 is 0.359 bits per heavy atom. The Balaban J connectivity index is 1.09. The first-order chi connectivity index (χ1) is 31.8. The Hall–Kier alpha value is -7.92. The molecule has 1 atom stereocenters. The minimum atomic E-state index is -3.00. The molecule has 0 bridgehead atoms. The summed E-state index contributed by atoms with van der Waals surface area (Å²) in [6, 6.07) is 82.0. The predicted octanol–water partition coefficient (Wildman–Crippen LogP) is 12.4. The number of para-hydroxylation sites is 4. The predicted molar refractivity (Wildman–Crippen MR) is 274 cm³/mol. The highest BCUT2D eigenvalue weighted by molar-refractivity contribution is 7.20. The minimum Gasteiger partial charge on any atom is -0.333 e. The van der Waals surface area contributed by atoms with Crippen LogP contribution in [-0.2, 0) is 0 Å². The molecule has 1 unspecified atom stereocenters. The van der Waals surface area contributed by atoms with E-state index in [4.69, 9.17) is 0 Å². The Morgan fingerprint density at radius 2 is 0.875 bits per heavy atom. The van der Waals surface area contributed by atoms with E-state index in [1.165, 1.54) is 86.2 Å². The van der Waals surface area contributed by atoms with Gasteiger partial charge in [0.05, 0.1) is 33.6 Å². The smallest absolute Gasteiger partial charge is 0.180 e. The van der Waals surface area contributed by atoms with Crippen molar-refractivity contribution in [2.45, 2.75) is 12.5 Å². The van der Waals surface area contributed by atoms with Gasteiger partial charge in [-0.1, -0.05) is 188 Å². The lowest BCUT2D eigenvalue weighted by atomic mass is 10.1. The SMILES string of the molecule is C1=CCC(n2c3ccccc3c3ccc4c(c5ccccc5n4-c4ccc([Si](c5ccccc5)(c5ccccc5)c5cccc6c5c5ccccc5n6-c5ccccc5)cc4)c32)C=C1. The van der Waals surface area contributed by atoms with E-state index >= 15 is 0 Å². The largest absolute Gasteiger partial charge is 0.333 e. The molecular formula is C60H43N3Si. The molecule has 0 aliphatic heterocycles. The van der Waals surface area contributed by atoms with E-state index in [0.29, 0.717) is 0 Å².